The summed E-state index contributed by atoms with van der Waals surface area (Å²) in [6.45, 7) is 1.83. The average molecular weight is 239 g/mol. The highest BCUT2D eigenvalue weighted by atomic mass is 16.1. The third kappa shape index (κ3) is 2.16. The number of fused-ring (bicyclic) bond motifs is 1. The molecule has 2 heteroatoms. The van der Waals surface area contributed by atoms with Gasteiger partial charge in [-0.3, -0.25) is 4.79 Å². The maximum Gasteiger partial charge on any atom is 0.141 e. The summed E-state index contributed by atoms with van der Waals surface area (Å²) in [7, 11) is 0. The van der Waals surface area contributed by atoms with Gasteiger partial charge in [0.2, 0.25) is 0 Å². The second-order valence-corrected chi connectivity index (χ2v) is 4.97. The van der Waals surface area contributed by atoms with E-state index in [-0.39, 0.29) is 5.92 Å². The third-order valence-corrected chi connectivity index (χ3v) is 3.76. The number of carbonyl (C=O) groups excluding carboxylic acids is 1. The smallest absolute Gasteiger partial charge is 0.141 e. The zero-order chi connectivity index (χ0) is 12.4. The van der Waals surface area contributed by atoms with Crippen molar-refractivity contribution in [3.63, 3.8) is 0 Å². The van der Waals surface area contributed by atoms with Crippen molar-refractivity contribution in [1.29, 1.82) is 0 Å². The minimum Gasteiger partial charge on any atom is -0.316 e. The fourth-order valence-electron chi connectivity index (χ4n) is 2.71. The Kier molecular flexibility index (Phi) is 3.11. The van der Waals surface area contributed by atoms with Crippen LogP contribution < -0.4 is 5.32 Å². The summed E-state index contributed by atoms with van der Waals surface area (Å²) < 4.78 is 0. The van der Waals surface area contributed by atoms with Crippen LogP contribution in [-0.2, 0) is 11.2 Å². The number of Topliss-reactive ketones (excluding diaryl/α,β-unsaturated/α-hetero) is 1. The van der Waals surface area contributed by atoms with Gasteiger partial charge in [-0.2, -0.15) is 0 Å². The largest absolute Gasteiger partial charge is 0.316 e. The number of rotatable bonds is 3. The van der Waals surface area contributed by atoms with Crippen molar-refractivity contribution >= 4 is 16.6 Å². The molecule has 0 aliphatic carbocycles. The lowest BCUT2D eigenvalue weighted by Gasteiger charge is -2.09. The number of carbonyl (C=O) groups is 1. The molecule has 0 bridgehead atoms. The Bertz CT molecular complexity index is 565. The van der Waals surface area contributed by atoms with Crippen LogP contribution in [0.4, 0.5) is 0 Å². The van der Waals surface area contributed by atoms with Gasteiger partial charge in [0.1, 0.15) is 5.78 Å². The first kappa shape index (κ1) is 11.4. The first-order valence-corrected chi connectivity index (χ1v) is 6.54. The predicted octanol–water partition coefficient (Wildman–Crippen LogP) is 2.56. The van der Waals surface area contributed by atoms with E-state index in [0.29, 0.717) is 12.2 Å². The van der Waals surface area contributed by atoms with Crippen molar-refractivity contribution in [3.8, 4) is 0 Å². The van der Waals surface area contributed by atoms with Crippen LogP contribution in [0.25, 0.3) is 10.8 Å². The highest BCUT2D eigenvalue weighted by Gasteiger charge is 2.22. The lowest BCUT2D eigenvalue weighted by atomic mass is 9.94. The summed E-state index contributed by atoms with van der Waals surface area (Å²) in [6, 6.07) is 14.5. The summed E-state index contributed by atoms with van der Waals surface area (Å²) in [5, 5.41) is 5.68. The predicted molar refractivity (Wildman–Crippen MR) is 73.6 cm³/mol. The number of nitrogens with one attached hydrogen (secondary N) is 1. The first-order valence-electron chi connectivity index (χ1n) is 6.54. The molecule has 1 fully saturated rings. The highest BCUT2D eigenvalue weighted by Crippen LogP contribution is 2.21. The molecule has 2 aromatic rings. The van der Waals surface area contributed by atoms with E-state index < -0.39 is 0 Å². The Balaban J connectivity index is 1.88. The molecule has 0 amide bonds. The van der Waals surface area contributed by atoms with E-state index in [1.54, 1.807) is 0 Å². The van der Waals surface area contributed by atoms with Gasteiger partial charge in [0.05, 0.1) is 0 Å². The van der Waals surface area contributed by atoms with Crippen LogP contribution in [0.15, 0.2) is 42.5 Å². The van der Waals surface area contributed by atoms with Gasteiger partial charge in [0, 0.05) is 18.9 Å². The Hall–Kier alpha value is -1.67. The topological polar surface area (TPSA) is 29.1 Å². The summed E-state index contributed by atoms with van der Waals surface area (Å²) in [5.41, 5.74) is 1.16. The summed E-state index contributed by atoms with van der Waals surface area (Å²) in [4.78, 5) is 12.2. The van der Waals surface area contributed by atoms with E-state index in [1.807, 2.05) is 18.2 Å². The fourth-order valence-corrected chi connectivity index (χ4v) is 2.71. The van der Waals surface area contributed by atoms with Crippen molar-refractivity contribution < 1.29 is 4.79 Å². The van der Waals surface area contributed by atoms with Gasteiger partial charge in [-0.1, -0.05) is 42.5 Å². The number of hydrogen-bond donors (Lipinski definition) is 1. The Morgan fingerprint density at radius 2 is 2.00 bits per heavy atom. The van der Waals surface area contributed by atoms with Crippen LogP contribution in [0.1, 0.15) is 12.0 Å². The van der Waals surface area contributed by atoms with Crippen molar-refractivity contribution in [2.45, 2.75) is 12.8 Å². The SMILES string of the molecule is O=C(Cc1cccc2ccccc12)C1CCNC1. The lowest BCUT2D eigenvalue weighted by molar-refractivity contribution is -0.121. The zero-order valence-corrected chi connectivity index (χ0v) is 10.4. The van der Waals surface area contributed by atoms with E-state index in [1.165, 1.54) is 10.8 Å². The molecule has 0 aromatic heterocycles. The molecule has 2 nitrogen and oxygen atoms in total. The van der Waals surface area contributed by atoms with Crippen LogP contribution in [0.5, 0.6) is 0 Å². The lowest BCUT2D eigenvalue weighted by Crippen LogP contribution is -2.19. The zero-order valence-electron chi connectivity index (χ0n) is 10.4. The molecule has 1 N–H and O–H groups in total. The van der Waals surface area contributed by atoms with Gasteiger partial charge in [0.25, 0.3) is 0 Å². The summed E-state index contributed by atoms with van der Waals surface area (Å²) in [6.07, 6.45) is 1.55. The van der Waals surface area contributed by atoms with E-state index in [9.17, 15) is 4.79 Å². The molecule has 0 spiro atoms. The maximum absolute atomic E-state index is 12.2. The van der Waals surface area contributed by atoms with Crippen molar-refractivity contribution in [1.82, 2.24) is 5.32 Å². The molecule has 92 valence electrons. The molecule has 1 unspecified atom stereocenters. The number of ketones is 1. The van der Waals surface area contributed by atoms with Crippen LogP contribution >= 0.6 is 0 Å². The van der Waals surface area contributed by atoms with Gasteiger partial charge >= 0.3 is 0 Å². The Morgan fingerprint density at radius 3 is 2.83 bits per heavy atom. The van der Waals surface area contributed by atoms with Crippen LogP contribution in [-0.4, -0.2) is 18.9 Å². The Morgan fingerprint density at radius 1 is 1.17 bits per heavy atom. The molecule has 0 saturated carbocycles. The molecule has 1 atom stereocenters. The van der Waals surface area contributed by atoms with E-state index in [2.05, 4.69) is 29.6 Å². The molecule has 0 radical (unpaired) electrons. The van der Waals surface area contributed by atoms with E-state index in [4.69, 9.17) is 0 Å². The molecule has 1 saturated heterocycles. The van der Waals surface area contributed by atoms with Crippen LogP contribution in [0, 0.1) is 5.92 Å². The van der Waals surface area contributed by atoms with Gasteiger partial charge in [-0.25, -0.2) is 0 Å². The molecule has 18 heavy (non-hydrogen) atoms. The van der Waals surface area contributed by atoms with Crippen molar-refractivity contribution in [3.05, 3.63) is 48.0 Å². The van der Waals surface area contributed by atoms with Crippen LogP contribution in [0.2, 0.25) is 0 Å². The average Bonchev–Trinajstić information content (AvgIpc) is 2.93. The van der Waals surface area contributed by atoms with Crippen molar-refractivity contribution in [2.24, 2.45) is 5.92 Å². The number of benzene rings is 2. The maximum atomic E-state index is 12.2. The van der Waals surface area contributed by atoms with Crippen molar-refractivity contribution in [2.75, 3.05) is 13.1 Å². The quantitative estimate of drug-likeness (QED) is 0.892. The minimum absolute atomic E-state index is 0.212. The normalized spacial score (nSPS) is 19.2. The van der Waals surface area contributed by atoms with Gasteiger partial charge in [-0.05, 0) is 29.3 Å². The molecule has 1 aliphatic rings. The van der Waals surface area contributed by atoms with E-state index >= 15 is 0 Å². The monoisotopic (exact) mass is 239 g/mol. The van der Waals surface area contributed by atoms with Gasteiger partial charge in [0.15, 0.2) is 0 Å². The highest BCUT2D eigenvalue weighted by molar-refractivity contribution is 5.91. The molecule has 1 aliphatic heterocycles. The molecular weight excluding hydrogens is 222 g/mol. The molecule has 3 rings (SSSR count). The summed E-state index contributed by atoms with van der Waals surface area (Å²) in [5.74, 6) is 0.584. The standard InChI is InChI=1S/C16H17NO/c18-16(14-8-9-17-11-14)10-13-6-3-5-12-4-1-2-7-15(12)13/h1-7,14,17H,8-11H2. The first-order chi connectivity index (χ1) is 8.84. The second kappa shape index (κ2) is 4.91. The molecular formula is C16H17NO. The molecule has 1 heterocycles. The second-order valence-electron chi connectivity index (χ2n) is 4.97. The van der Waals surface area contributed by atoms with Crippen LogP contribution in [0.3, 0.4) is 0 Å². The van der Waals surface area contributed by atoms with E-state index in [0.717, 1.165) is 25.1 Å². The fraction of sp³-hybridized carbons (Fsp3) is 0.312. The number of hydrogen-bond acceptors (Lipinski definition) is 2. The Labute approximate surface area is 107 Å². The third-order valence-electron chi connectivity index (χ3n) is 3.76. The van der Waals surface area contributed by atoms with Gasteiger partial charge < -0.3 is 5.32 Å². The molecule has 2 aromatic carbocycles. The summed E-state index contributed by atoms with van der Waals surface area (Å²) >= 11 is 0. The van der Waals surface area contributed by atoms with Gasteiger partial charge in [-0.15, -0.1) is 0 Å². The minimum atomic E-state index is 0.212.